The van der Waals surface area contributed by atoms with Crippen LogP contribution >= 0.6 is 15.9 Å². The van der Waals surface area contributed by atoms with Crippen LogP contribution in [0.5, 0.6) is 0 Å². The predicted molar refractivity (Wildman–Crippen MR) is 64.9 cm³/mol. The van der Waals surface area contributed by atoms with Crippen LogP contribution in [0.25, 0.3) is 0 Å². The molecular weight excluding hydrogens is 252 g/mol. The minimum absolute atomic E-state index is 0.617. The first kappa shape index (κ1) is 10.5. The van der Waals surface area contributed by atoms with Crippen molar-refractivity contribution in [3.05, 3.63) is 28.2 Å². The molecule has 0 N–H and O–H groups in total. The number of nitriles is 1. The zero-order valence-electron chi connectivity index (χ0n) is 8.70. The van der Waals surface area contributed by atoms with E-state index in [9.17, 15) is 0 Å². The first-order chi connectivity index (χ1) is 7.22. The number of anilines is 1. The van der Waals surface area contributed by atoms with Crippen molar-refractivity contribution in [3.63, 3.8) is 0 Å². The number of hydrogen-bond acceptors (Lipinski definition) is 2. The second-order valence-corrected chi connectivity index (χ2v) is 4.88. The second kappa shape index (κ2) is 4.24. The van der Waals surface area contributed by atoms with E-state index in [1.807, 2.05) is 18.2 Å². The SMILES string of the molecule is CN(c1cc(Br)ccc1C#N)C1CCC1. The summed E-state index contributed by atoms with van der Waals surface area (Å²) in [6, 6.07) is 8.67. The largest absolute Gasteiger partial charge is 0.371 e. The Hall–Kier alpha value is -1.01. The second-order valence-electron chi connectivity index (χ2n) is 3.97. The third-order valence-electron chi connectivity index (χ3n) is 3.08. The molecule has 0 heterocycles. The minimum Gasteiger partial charge on any atom is -0.371 e. The summed E-state index contributed by atoms with van der Waals surface area (Å²) < 4.78 is 1.03. The van der Waals surface area contributed by atoms with Gasteiger partial charge in [0.25, 0.3) is 0 Å². The van der Waals surface area contributed by atoms with Gasteiger partial charge in [0, 0.05) is 17.6 Å². The summed E-state index contributed by atoms with van der Waals surface area (Å²) >= 11 is 3.45. The number of halogens is 1. The molecule has 1 aliphatic carbocycles. The molecule has 1 aromatic carbocycles. The fraction of sp³-hybridized carbons (Fsp3) is 0.417. The lowest BCUT2D eigenvalue weighted by molar-refractivity contribution is 0.401. The van der Waals surface area contributed by atoms with Crippen LogP contribution in [-0.4, -0.2) is 13.1 Å². The van der Waals surface area contributed by atoms with Gasteiger partial charge in [0.1, 0.15) is 6.07 Å². The minimum atomic E-state index is 0.617. The van der Waals surface area contributed by atoms with E-state index in [0.717, 1.165) is 15.7 Å². The zero-order chi connectivity index (χ0) is 10.8. The van der Waals surface area contributed by atoms with E-state index in [2.05, 4.69) is 33.9 Å². The Bertz CT molecular complexity index is 405. The van der Waals surface area contributed by atoms with Gasteiger partial charge in [0.05, 0.1) is 11.3 Å². The van der Waals surface area contributed by atoms with Crippen LogP contribution in [0.15, 0.2) is 22.7 Å². The van der Waals surface area contributed by atoms with Crippen molar-refractivity contribution in [1.82, 2.24) is 0 Å². The van der Waals surface area contributed by atoms with Crippen LogP contribution < -0.4 is 4.90 Å². The Balaban J connectivity index is 2.32. The molecule has 0 amide bonds. The first-order valence-electron chi connectivity index (χ1n) is 5.15. The Morgan fingerprint density at radius 2 is 2.20 bits per heavy atom. The van der Waals surface area contributed by atoms with Gasteiger partial charge in [-0.2, -0.15) is 5.26 Å². The zero-order valence-corrected chi connectivity index (χ0v) is 10.3. The summed E-state index contributed by atoms with van der Waals surface area (Å²) in [5.41, 5.74) is 1.80. The standard InChI is InChI=1S/C12H13BrN2/c1-15(11-3-2-4-11)12-7-10(13)6-5-9(12)8-14/h5-7,11H,2-4H2,1H3. The van der Waals surface area contributed by atoms with Gasteiger partial charge in [0.15, 0.2) is 0 Å². The summed E-state index contributed by atoms with van der Waals surface area (Å²) in [5.74, 6) is 0. The molecule has 0 aromatic heterocycles. The maximum atomic E-state index is 9.04. The van der Waals surface area contributed by atoms with Crippen LogP contribution in [0.4, 0.5) is 5.69 Å². The molecule has 0 spiro atoms. The topological polar surface area (TPSA) is 27.0 Å². The molecule has 2 rings (SSSR count). The molecule has 1 aliphatic rings. The van der Waals surface area contributed by atoms with E-state index in [1.165, 1.54) is 19.3 Å². The fourth-order valence-electron chi connectivity index (χ4n) is 1.86. The Morgan fingerprint density at radius 1 is 1.47 bits per heavy atom. The van der Waals surface area contributed by atoms with Crippen molar-refractivity contribution < 1.29 is 0 Å². The molecule has 0 bridgehead atoms. The predicted octanol–water partition coefficient (Wildman–Crippen LogP) is 3.31. The summed E-state index contributed by atoms with van der Waals surface area (Å²) in [7, 11) is 2.08. The van der Waals surface area contributed by atoms with E-state index in [0.29, 0.717) is 6.04 Å². The molecule has 0 unspecified atom stereocenters. The average Bonchev–Trinajstić information content (AvgIpc) is 2.15. The van der Waals surface area contributed by atoms with Crippen molar-refractivity contribution in [2.24, 2.45) is 0 Å². The summed E-state index contributed by atoms with van der Waals surface area (Å²) in [5, 5.41) is 9.04. The molecule has 15 heavy (non-hydrogen) atoms. The third kappa shape index (κ3) is 2.00. The Labute approximate surface area is 98.6 Å². The monoisotopic (exact) mass is 264 g/mol. The quantitative estimate of drug-likeness (QED) is 0.820. The lowest BCUT2D eigenvalue weighted by Crippen LogP contribution is -2.37. The number of nitrogens with zero attached hydrogens (tertiary/aromatic N) is 2. The maximum Gasteiger partial charge on any atom is 0.101 e. The van der Waals surface area contributed by atoms with E-state index >= 15 is 0 Å². The molecule has 2 nitrogen and oxygen atoms in total. The third-order valence-corrected chi connectivity index (χ3v) is 3.58. The number of rotatable bonds is 2. The summed E-state index contributed by atoms with van der Waals surface area (Å²) in [4.78, 5) is 2.23. The van der Waals surface area contributed by atoms with Crippen molar-refractivity contribution in [3.8, 4) is 6.07 Å². The van der Waals surface area contributed by atoms with E-state index in [-0.39, 0.29) is 0 Å². The Morgan fingerprint density at radius 3 is 2.73 bits per heavy atom. The lowest BCUT2D eigenvalue weighted by atomic mass is 9.91. The molecule has 1 fully saturated rings. The van der Waals surface area contributed by atoms with Crippen LogP contribution in [0.1, 0.15) is 24.8 Å². The average molecular weight is 265 g/mol. The number of benzene rings is 1. The highest BCUT2D eigenvalue weighted by Gasteiger charge is 2.23. The highest BCUT2D eigenvalue weighted by atomic mass is 79.9. The van der Waals surface area contributed by atoms with Crippen molar-refractivity contribution in [1.29, 1.82) is 5.26 Å². The van der Waals surface area contributed by atoms with Crippen LogP contribution in [0, 0.1) is 11.3 Å². The van der Waals surface area contributed by atoms with Gasteiger partial charge in [-0.1, -0.05) is 15.9 Å². The smallest absolute Gasteiger partial charge is 0.101 e. The van der Waals surface area contributed by atoms with Crippen LogP contribution in [0.2, 0.25) is 0 Å². The van der Waals surface area contributed by atoms with Gasteiger partial charge >= 0.3 is 0 Å². The van der Waals surface area contributed by atoms with Gasteiger partial charge in [-0.15, -0.1) is 0 Å². The summed E-state index contributed by atoms with van der Waals surface area (Å²) in [6.45, 7) is 0. The summed E-state index contributed by atoms with van der Waals surface area (Å²) in [6.07, 6.45) is 3.80. The van der Waals surface area contributed by atoms with Crippen molar-refractivity contribution >= 4 is 21.6 Å². The van der Waals surface area contributed by atoms with E-state index in [1.54, 1.807) is 0 Å². The molecule has 1 aromatic rings. The molecule has 78 valence electrons. The van der Waals surface area contributed by atoms with Crippen molar-refractivity contribution in [2.75, 3.05) is 11.9 Å². The van der Waals surface area contributed by atoms with Gasteiger partial charge in [0.2, 0.25) is 0 Å². The van der Waals surface area contributed by atoms with E-state index in [4.69, 9.17) is 5.26 Å². The molecule has 3 heteroatoms. The van der Waals surface area contributed by atoms with Crippen LogP contribution in [0.3, 0.4) is 0 Å². The molecule has 0 aliphatic heterocycles. The normalized spacial score (nSPS) is 15.5. The van der Waals surface area contributed by atoms with E-state index < -0.39 is 0 Å². The lowest BCUT2D eigenvalue weighted by Gasteiger charge is -2.36. The molecule has 0 saturated heterocycles. The first-order valence-corrected chi connectivity index (χ1v) is 5.94. The molecule has 1 saturated carbocycles. The van der Waals surface area contributed by atoms with Gasteiger partial charge in [-0.05, 0) is 37.5 Å². The van der Waals surface area contributed by atoms with Gasteiger partial charge in [-0.25, -0.2) is 0 Å². The highest BCUT2D eigenvalue weighted by molar-refractivity contribution is 9.10. The molecule has 0 atom stereocenters. The highest BCUT2D eigenvalue weighted by Crippen LogP contribution is 2.31. The fourth-order valence-corrected chi connectivity index (χ4v) is 2.21. The number of hydrogen-bond donors (Lipinski definition) is 0. The van der Waals surface area contributed by atoms with Gasteiger partial charge in [-0.3, -0.25) is 0 Å². The van der Waals surface area contributed by atoms with Crippen LogP contribution in [-0.2, 0) is 0 Å². The van der Waals surface area contributed by atoms with Crippen molar-refractivity contribution in [2.45, 2.75) is 25.3 Å². The molecular formula is C12H13BrN2. The Kier molecular flexibility index (Phi) is 2.97. The molecule has 0 radical (unpaired) electrons. The maximum absolute atomic E-state index is 9.04. The van der Waals surface area contributed by atoms with Gasteiger partial charge < -0.3 is 4.90 Å².